The summed E-state index contributed by atoms with van der Waals surface area (Å²) in [6.45, 7) is 1.05. The highest BCUT2D eigenvalue weighted by Crippen LogP contribution is 2.39. The van der Waals surface area contributed by atoms with E-state index in [1.165, 1.54) is 29.5 Å². The summed E-state index contributed by atoms with van der Waals surface area (Å²) in [6.07, 6.45) is 7.48. The Labute approximate surface area is 121 Å². The molecule has 0 amide bonds. The van der Waals surface area contributed by atoms with Gasteiger partial charge in [0.25, 0.3) is 0 Å². The van der Waals surface area contributed by atoms with Crippen LogP contribution in [0, 0.1) is 0 Å². The van der Waals surface area contributed by atoms with E-state index in [4.69, 9.17) is 0 Å². The summed E-state index contributed by atoms with van der Waals surface area (Å²) in [6, 6.07) is 6.46. The van der Waals surface area contributed by atoms with Crippen molar-refractivity contribution in [3.8, 4) is 0 Å². The average molecular weight is 293 g/mol. The van der Waals surface area contributed by atoms with Crippen molar-refractivity contribution in [2.24, 2.45) is 0 Å². The second-order valence-corrected chi connectivity index (χ2v) is 8.54. The maximum atomic E-state index is 11.8. The normalized spacial score (nSPS) is 26.6. The second kappa shape index (κ2) is 5.40. The van der Waals surface area contributed by atoms with Crippen molar-refractivity contribution in [2.45, 2.75) is 49.7 Å². The van der Waals surface area contributed by atoms with Gasteiger partial charge in [-0.2, -0.15) is 0 Å². The number of benzene rings is 1. The van der Waals surface area contributed by atoms with Crippen LogP contribution in [0.2, 0.25) is 0 Å². The number of anilines is 1. The minimum Gasteiger partial charge on any atom is -0.385 e. The topological polar surface area (TPSA) is 46.2 Å². The van der Waals surface area contributed by atoms with E-state index in [2.05, 4.69) is 23.5 Å². The first kappa shape index (κ1) is 13.9. The highest BCUT2D eigenvalue weighted by molar-refractivity contribution is 7.91. The van der Waals surface area contributed by atoms with Gasteiger partial charge in [-0.3, -0.25) is 0 Å². The van der Waals surface area contributed by atoms with E-state index in [1.54, 1.807) is 0 Å². The third-order valence-electron chi connectivity index (χ3n) is 4.80. The van der Waals surface area contributed by atoms with Gasteiger partial charge < -0.3 is 5.32 Å². The molecule has 1 aromatic rings. The van der Waals surface area contributed by atoms with Crippen LogP contribution in [0.4, 0.5) is 5.69 Å². The fraction of sp³-hybridized carbons (Fsp3) is 0.625. The van der Waals surface area contributed by atoms with Crippen LogP contribution in [0.3, 0.4) is 0 Å². The minimum absolute atomic E-state index is 0.145. The zero-order valence-corrected chi connectivity index (χ0v) is 12.9. The van der Waals surface area contributed by atoms with Gasteiger partial charge in [-0.15, -0.1) is 0 Å². The Morgan fingerprint density at radius 3 is 2.85 bits per heavy atom. The largest absolute Gasteiger partial charge is 0.385 e. The Hall–Kier alpha value is -1.03. The number of hydrogen-bond donors (Lipinski definition) is 1. The smallest absolute Gasteiger partial charge is 0.150 e. The lowest BCUT2D eigenvalue weighted by atomic mass is 9.80. The lowest BCUT2D eigenvalue weighted by Gasteiger charge is -2.31. The molecule has 4 heteroatoms. The molecule has 2 atom stereocenters. The van der Waals surface area contributed by atoms with Crippen LogP contribution in [0.5, 0.6) is 0 Å². The molecule has 0 radical (unpaired) electrons. The fourth-order valence-electron chi connectivity index (χ4n) is 3.74. The molecule has 1 aliphatic heterocycles. The van der Waals surface area contributed by atoms with E-state index < -0.39 is 9.84 Å². The predicted octanol–water partition coefficient (Wildman–Crippen LogP) is 3.12. The Kier molecular flexibility index (Phi) is 3.76. The molecule has 1 saturated carbocycles. The van der Waals surface area contributed by atoms with Gasteiger partial charge >= 0.3 is 0 Å². The predicted molar refractivity (Wildman–Crippen MR) is 83.1 cm³/mol. The van der Waals surface area contributed by atoms with Gasteiger partial charge in [0.15, 0.2) is 0 Å². The van der Waals surface area contributed by atoms with Crippen molar-refractivity contribution in [3.63, 3.8) is 0 Å². The van der Waals surface area contributed by atoms with Crippen LogP contribution in [-0.2, 0) is 16.3 Å². The maximum absolute atomic E-state index is 11.8. The zero-order chi connectivity index (χ0) is 14.2. The summed E-state index contributed by atoms with van der Waals surface area (Å²) in [4.78, 5) is 0. The highest BCUT2D eigenvalue weighted by atomic mass is 32.2. The number of fused-ring (bicyclic) bond motifs is 1. The third-order valence-corrected chi connectivity index (χ3v) is 6.44. The molecule has 1 fully saturated rings. The van der Waals surface area contributed by atoms with E-state index >= 15 is 0 Å². The molecule has 1 heterocycles. The van der Waals surface area contributed by atoms with Gasteiger partial charge in [-0.1, -0.05) is 18.6 Å². The van der Waals surface area contributed by atoms with E-state index in [9.17, 15) is 8.42 Å². The molecule has 0 bridgehead atoms. The number of sulfone groups is 1. The zero-order valence-electron chi connectivity index (χ0n) is 12.1. The van der Waals surface area contributed by atoms with Crippen LogP contribution < -0.4 is 5.32 Å². The molecule has 0 aromatic heterocycles. The molecular formula is C16H23NO2S. The van der Waals surface area contributed by atoms with Crippen molar-refractivity contribution in [3.05, 3.63) is 29.3 Å². The van der Waals surface area contributed by atoms with Gasteiger partial charge in [0.1, 0.15) is 9.84 Å². The molecule has 2 aliphatic rings. The van der Waals surface area contributed by atoms with Gasteiger partial charge in [0, 0.05) is 18.5 Å². The fourth-order valence-corrected chi connectivity index (χ4v) is 4.91. The molecule has 1 aromatic carbocycles. The lowest BCUT2D eigenvalue weighted by Crippen LogP contribution is -2.27. The lowest BCUT2D eigenvalue weighted by molar-refractivity contribution is 0.434. The van der Waals surface area contributed by atoms with Crippen molar-refractivity contribution in [1.82, 2.24) is 0 Å². The summed E-state index contributed by atoms with van der Waals surface area (Å²) in [5.74, 6) is 0.415. The number of hydrogen-bond acceptors (Lipinski definition) is 3. The van der Waals surface area contributed by atoms with E-state index in [-0.39, 0.29) is 5.25 Å². The molecule has 0 spiro atoms. The van der Waals surface area contributed by atoms with E-state index in [0.29, 0.717) is 5.92 Å². The molecular weight excluding hydrogens is 270 g/mol. The first-order valence-corrected chi connectivity index (χ1v) is 9.55. The van der Waals surface area contributed by atoms with Crippen LogP contribution in [0.15, 0.2) is 18.2 Å². The van der Waals surface area contributed by atoms with Crippen LogP contribution >= 0.6 is 0 Å². The molecule has 3 nitrogen and oxygen atoms in total. The Morgan fingerprint density at radius 2 is 2.05 bits per heavy atom. The SMILES string of the molecule is CS(=O)(=O)C1CCCC(c2cccc3c2CCCN3)C1. The summed E-state index contributed by atoms with van der Waals surface area (Å²) >= 11 is 0. The van der Waals surface area contributed by atoms with Gasteiger partial charge in [-0.25, -0.2) is 8.42 Å². The average Bonchev–Trinajstić information content (AvgIpc) is 2.46. The summed E-state index contributed by atoms with van der Waals surface area (Å²) in [5, 5.41) is 3.32. The minimum atomic E-state index is -2.90. The van der Waals surface area contributed by atoms with Crippen LogP contribution in [0.25, 0.3) is 0 Å². The van der Waals surface area contributed by atoms with Crippen LogP contribution in [0.1, 0.15) is 49.1 Å². The van der Waals surface area contributed by atoms with Gasteiger partial charge in [0.05, 0.1) is 5.25 Å². The molecule has 3 rings (SSSR count). The first-order chi connectivity index (χ1) is 9.55. The summed E-state index contributed by atoms with van der Waals surface area (Å²) in [7, 11) is -2.90. The van der Waals surface area contributed by atoms with Crippen molar-refractivity contribution >= 4 is 15.5 Å². The molecule has 1 N–H and O–H groups in total. The Balaban J connectivity index is 1.89. The quantitative estimate of drug-likeness (QED) is 0.911. The highest BCUT2D eigenvalue weighted by Gasteiger charge is 2.31. The summed E-state index contributed by atoms with van der Waals surface area (Å²) < 4.78 is 23.7. The summed E-state index contributed by atoms with van der Waals surface area (Å²) in [5.41, 5.74) is 4.08. The van der Waals surface area contributed by atoms with Crippen molar-refractivity contribution in [1.29, 1.82) is 0 Å². The standard InChI is InChI=1S/C16H23NO2S/c1-20(18,19)13-6-2-5-12(11-13)14-7-3-9-16-15(14)8-4-10-17-16/h3,7,9,12-13,17H,2,4-6,8,10-11H2,1H3. The van der Waals surface area contributed by atoms with Gasteiger partial charge in [-0.05, 0) is 55.2 Å². The number of rotatable bonds is 2. The molecule has 2 unspecified atom stereocenters. The van der Waals surface area contributed by atoms with Gasteiger partial charge in [0.2, 0.25) is 0 Å². The second-order valence-electron chi connectivity index (χ2n) is 6.22. The maximum Gasteiger partial charge on any atom is 0.150 e. The molecule has 110 valence electrons. The van der Waals surface area contributed by atoms with E-state index in [0.717, 1.165) is 38.6 Å². The number of nitrogens with one attached hydrogen (secondary N) is 1. The Bertz CT molecular complexity index is 594. The van der Waals surface area contributed by atoms with Crippen LogP contribution in [-0.4, -0.2) is 26.5 Å². The first-order valence-electron chi connectivity index (χ1n) is 7.60. The van der Waals surface area contributed by atoms with E-state index in [1.807, 2.05) is 0 Å². The Morgan fingerprint density at radius 1 is 1.20 bits per heavy atom. The third kappa shape index (κ3) is 2.71. The van der Waals surface area contributed by atoms with Crippen molar-refractivity contribution < 1.29 is 8.42 Å². The molecule has 1 aliphatic carbocycles. The van der Waals surface area contributed by atoms with Crippen molar-refractivity contribution in [2.75, 3.05) is 18.1 Å². The molecule has 0 saturated heterocycles. The monoisotopic (exact) mass is 293 g/mol. The molecule has 20 heavy (non-hydrogen) atoms.